The molecule has 4 aromatic rings. The van der Waals surface area contributed by atoms with Gasteiger partial charge in [0.25, 0.3) is 0 Å². The molecule has 2 N–H and O–H groups in total. The molecule has 0 radical (unpaired) electrons. The van der Waals surface area contributed by atoms with Crippen LogP contribution < -0.4 is 5.32 Å². The van der Waals surface area contributed by atoms with Crippen LogP contribution in [0.1, 0.15) is 29.2 Å². The summed E-state index contributed by atoms with van der Waals surface area (Å²) in [4.78, 5) is 19.8. The summed E-state index contributed by atoms with van der Waals surface area (Å²) in [6.45, 7) is 2.90. The average Bonchev–Trinajstić information content (AvgIpc) is 3.14. The van der Waals surface area contributed by atoms with Crippen molar-refractivity contribution in [3.05, 3.63) is 95.1 Å². The van der Waals surface area contributed by atoms with Gasteiger partial charge >= 0.3 is 6.03 Å². The van der Waals surface area contributed by atoms with Crippen LogP contribution >= 0.6 is 0 Å². The zero-order valence-electron chi connectivity index (χ0n) is 20.0. The lowest BCUT2D eigenvalue weighted by molar-refractivity contribution is 0.242. The second kappa shape index (κ2) is 9.93. The highest BCUT2D eigenvalue weighted by atomic mass is 16.3. The van der Waals surface area contributed by atoms with Crippen molar-refractivity contribution in [2.75, 3.05) is 21.1 Å². The molecule has 0 bridgehead atoms. The van der Waals surface area contributed by atoms with Crippen LogP contribution in [0.3, 0.4) is 0 Å². The van der Waals surface area contributed by atoms with E-state index in [4.69, 9.17) is 4.99 Å². The maximum absolute atomic E-state index is 12.8. The van der Waals surface area contributed by atoms with E-state index in [1.165, 1.54) is 10.1 Å². The average molecular weight is 455 g/mol. The van der Waals surface area contributed by atoms with Crippen LogP contribution in [0.5, 0.6) is 5.88 Å². The molecule has 6 nitrogen and oxygen atoms in total. The number of aryl methyl sites for hydroxylation is 1. The molecule has 0 unspecified atom stereocenters. The Hall–Kier alpha value is -3.90. The van der Waals surface area contributed by atoms with E-state index in [0.29, 0.717) is 16.8 Å². The zero-order chi connectivity index (χ0) is 24.2. The van der Waals surface area contributed by atoms with Gasteiger partial charge in [0.15, 0.2) is 0 Å². The molecule has 1 heterocycles. The van der Waals surface area contributed by atoms with Gasteiger partial charge in [-0.1, -0.05) is 61.5 Å². The number of hydrogen-bond donors (Lipinski definition) is 2. The van der Waals surface area contributed by atoms with Crippen LogP contribution in [0.25, 0.3) is 10.9 Å². The number of benzene rings is 3. The Morgan fingerprint density at radius 1 is 1.00 bits per heavy atom. The molecule has 3 aromatic carbocycles. The molecule has 174 valence electrons. The van der Waals surface area contributed by atoms with E-state index in [-0.39, 0.29) is 5.88 Å². The van der Waals surface area contributed by atoms with E-state index in [0.717, 1.165) is 35.2 Å². The van der Waals surface area contributed by atoms with Crippen molar-refractivity contribution in [3.8, 4) is 5.88 Å². The maximum Gasteiger partial charge on any atom is 0.328 e. The molecule has 0 atom stereocenters. The summed E-state index contributed by atoms with van der Waals surface area (Å²) < 4.78 is 1.32. The third kappa shape index (κ3) is 4.58. The summed E-state index contributed by atoms with van der Waals surface area (Å²) in [6.07, 6.45) is 0.823. The Morgan fingerprint density at radius 3 is 2.29 bits per heavy atom. The molecule has 0 spiro atoms. The summed E-state index contributed by atoms with van der Waals surface area (Å²) in [5.41, 5.74) is 5.68. The van der Waals surface area contributed by atoms with Gasteiger partial charge in [-0.3, -0.25) is 0 Å². The molecular weight excluding hydrogens is 424 g/mol. The highest BCUT2D eigenvalue weighted by Gasteiger charge is 2.25. The molecular formula is C28H30N4O2. The third-order valence-electron chi connectivity index (χ3n) is 5.79. The van der Waals surface area contributed by atoms with Crippen LogP contribution in [0.2, 0.25) is 0 Å². The second-order valence-corrected chi connectivity index (χ2v) is 8.52. The number of carbonyl (C=O) groups excluding carboxylic acids is 1. The van der Waals surface area contributed by atoms with E-state index < -0.39 is 6.03 Å². The van der Waals surface area contributed by atoms with E-state index in [2.05, 4.69) is 29.3 Å². The number of aromatic nitrogens is 1. The fourth-order valence-corrected chi connectivity index (χ4v) is 4.12. The highest BCUT2D eigenvalue weighted by Crippen LogP contribution is 2.35. The van der Waals surface area contributed by atoms with Gasteiger partial charge in [-0.2, -0.15) is 0 Å². The molecule has 0 saturated carbocycles. The van der Waals surface area contributed by atoms with Gasteiger partial charge in [0.1, 0.15) is 0 Å². The SMILES string of the molecule is CCc1ccc2c(C(=Nc3ccc(CN(C)C)cc3)c3ccccc3)c(O)n(C(=O)NC)c2c1. The van der Waals surface area contributed by atoms with Crippen LogP contribution in [0.4, 0.5) is 10.5 Å². The van der Waals surface area contributed by atoms with Gasteiger partial charge in [0.05, 0.1) is 22.5 Å². The van der Waals surface area contributed by atoms with Crippen molar-refractivity contribution in [1.82, 2.24) is 14.8 Å². The smallest absolute Gasteiger partial charge is 0.328 e. The van der Waals surface area contributed by atoms with E-state index in [1.54, 1.807) is 7.05 Å². The number of rotatable bonds is 6. The van der Waals surface area contributed by atoms with Gasteiger partial charge in [0.2, 0.25) is 5.88 Å². The molecule has 4 rings (SSSR count). The first-order valence-electron chi connectivity index (χ1n) is 11.4. The summed E-state index contributed by atoms with van der Waals surface area (Å²) in [5, 5.41) is 14.8. The van der Waals surface area contributed by atoms with E-state index in [9.17, 15) is 9.90 Å². The van der Waals surface area contributed by atoms with Gasteiger partial charge in [-0.25, -0.2) is 14.4 Å². The molecule has 34 heavy (non-hydrogen) atoms. The Balaban J connectivity index is 1.96. The number of hydrogen-bond acceptors (Lipinski definition) is 4. The van der Waals surface area contributed by atoms with Crippen molar-refractivity contribution >= 4 is 28.3 Å². The monoisotopic (exact) mass is 454 g/mol. The van der Waals surface area contributed by atoms with Gasteiger partial charge < -0.3 is 15.3 Å². The van der Waals surface area contributed by atoms with E-state index in [1.807, 2.05) is 74.8 Å². The Morgan fingerprint density at radius 2 is 1.68 bits per heavy atom. The van der Waals surface area contributed by atoms with Crippen molar-refractivity contribution in [1.29, 1.82) is 0 Å². The normalized spacial score (nSPS) is 11.9. The minimum absolute atomic E-state index is 0.130. The first kappa shape index (κ1) is 23.3. The molecule has 0 aliphatic rings. The number of fused-ring (bicyclic) bond motifs is 1. The molecule has 6 heteroatoms. The summed E-state index contributed by atoms with van der Waals surface area (Å²) in [7, 11) is 5.63. The summed E-state index contributed by atoms with van der Waals surface area (Å²) in [6, 6.07) is 23.4. The molecule has 0 saturated heterocycles. The molecule has 1 aromatic heterocycles. The second-order valence-electron chi connectivity index (χ2n) is 8.52. The van der Waals surface area contributed by atoms with Gasteiger partial charge in [0, 0.05) is 24.5 Å². The minimum Gasteiger partial charge on any atom is -0.494 e. The predicted molar refractivity (Wildman–Crippen MR) is 138 cm³/mol. The van der Waals surface area contributed by atoms with Crippen LogP contribution in [0.15, 0.2) is 77.8 Å². The Bertz CT molecular complexity index is 1340. The lowest BCUT2D eigenvalue weighted by atomic mass is 10.00. The van der Waals surface area contributed by atoms with Crippen LogP contribution in [0, 0.1) is 0 Å². The first-order valence-corrected chi connectivity index (χ1v) is 11.4. The number of aliphatic imine (C=N–C) groups is 1. The number of nitrogens with zero attached hydrogens (tertiary/aromatic N) is 3. The molecule has 0 fully saturated rings. The number of aromatic hydroxyl groups is 1. The van der Waals surface area contributed by atoms with Crippen molar-refractivity contribution < 1.29 is 9.90 Å². The number of nitrogens with one attached hydrogen (secondary N) is 1. The quantitative estimate of drug-likeness (QED) is 0.387. The van der Waals surface area contributed by atoms with Gasteiger partial charge in [-0.15, -0.1) is 0 Å². The zero-order valence-corrected chi connectivity index (χ0v) is 20.0. The lowest BCUT2D eigenvalue weighted by Crippen LogP contribution is -2.24. The van der Waals surface area contributed by atoms with E-state index >= 15 is 0 Å². The topological polar surface area (TPSA) is 69.9 Å². The fourth-order valence-electron chi connectivity index (χ4n) is 4.12. The lowest BCUT2D eigenvalue weighted by Gasteiger charge is -2.11. The third-order valence-corrected chi connectivity index (χ3v) is 5.79. The highest BCUT2D eigenvalue weighted by molar-refractivity contribution is 6.23. The Kier molecular flexibility index (Phi) is 6.80. The molecule has 1 amide bonds. The summed E-state index contributed by atoms with van der Waals surface area (Å²) in [5.74, 6) is -0.130. The van der Waals surface area contributed by atoms with Crippen molar-refractivity contribution in [2.45, 2.75) is 19.9 Å². The van der Waals surface area contributed by atoms with Crippen molar-refractivity contribution in [3.63, 3.8) is 0 Å². The summed E-state index contributed by atoms with van der Waals surface area (Å²) >= 11 is 0. The van der Waals surface area contributed by atoms with Crippen molar-refractivity contribution in [2.24, 2.45) is 4.99 Å². The standard InChI is InChI=1S/C28H30N4O2/c1-5-19-13-16-23-24(17-19)32(28(34)29-2)27(33)25(23)26(21-9-7-6-8-10-21)30-22-14-11-20(12-15-22)18-31(3)4/h6-17,33H,5,18H2,1-4H3,(H,29,34). The van der Waals surface area contributed by atoms with Crippen LogP contribution in [-0.4, -0.2) is 47.5 Å². The number of carbonyl (C=O) groups is 1. The largest absolute Gasteiger partial charge is 0.494 e. The number of amides is 1. The minimum atomic E-state index is -0.401. The fraction of sp³-hybridized carbons (Fsp3) is 0.214. The van der Waals surface area contributed by atoms with Crippen LogP contribution in [-0.2, 0) is 13.0 Å². The Labute approximate surface area is 200 Å². The predicted octanol–water partition coefficient (Wildman–Crippen LogP) is 5.33. The molecule has 0 aliphatic heterocycles. The first-order chi connectivity index (χ1) is 16.4. The van der Waals surface area contributed by atoms with Gasteiger partial charge in [-0.05, 0) is 49.8 Å². The maximum atomic E-state index is 12.8. The molecule has 0 aliphatic carbocycles.